The zero-order valence-electron chi connectivity index (χ0n) is 19.8. The highest BCUT2D eigenvalue weighted by Gasteiger charge is 2.25. The Hall–Kier alpha value is -4.10. The number of hydrogen-bond donors (Lipinski definition) is 1. The van der Waals surface area contributed by atoms with Crippen LogP contribution in [0.4, 0.5) is 5.69 Å². The molecule has 0 fully saturated rings. The molecule has 0 atom stereocenters. The standard InChI is InChI=1S/C28H26N6O/c1-3-33-14-13-25-23(17-33)26(21-11-7-8-12-24(21)31-25)28(35)30-19-15-22-18(2)32-34(27(22)29-16-19)20-9-5-4-6-10-20/h4-12,15-16H,3,13-14,17H2,1-2H3,(H,30,35). The monoisotopic (exact) mass is 462 g/mol. The third-order valence-corrected chi connectivity index (χ3v) is 6.77. The van der Waals surface area contributed by atoms with Gasteiger partial charge in [0.05, 0.1) is 34.3 Å². The fraction of sp³-hybridized carbons (Fsp3) is 0.214. The molecule has 0 saturated carbocycles. The highest BCUT2D eigenvalue weighted by atomic mass is 16.1. The molecular weight excluding hydrogens is 436 g/mol. The van der Waals surface area contributed by atoms with Gasteiger partial charge in [-0.15, -0.1) is 0 Å². The number of para-hydroxylation sites is 2. The summed E-state index contributed by atoms with van der Waals surface area (Å²) in [5, 5.41) is 9.59. The molecule has 35 heavy (non-hydrogen) atoms. The van der Waals surface area contributed by atoms with Crippen LogP contribution in [0.1, 0.15) is 34.2 Å². The van der Waals surface area contributed by atoms with Crippen molar-refractivity contribution in [1.82, 2.24) is 24.6 Å². The highest BCUT2D eigenvalue weighted by molar-refractivity contribution is 6.14. The Morgan fingerprint density at radius 2 is 1.86 bits per heavy atom. The molecule has 0 radical (unpaired) electrons. The van der Waals surface area contributed by atoms with Crippen molar-refractivity contribution in [2.75, 3.05) is 18.4 Å². The van der Waals surface area contributed by atoms with Gasteiger partial charge in [-0.3, -0.25) is 14.7 Å². The van der Waals surface area contributed by atoms with Crippen molar-refractivity contribution in [3.8, 4) is 5.69 Å². The maximum absolute atomic E-state index is 13.7. The van der Waals surface area contributed by atoms with Crippen LogP contribution in [0.3, 0.4) is 0 Å². The number of benzene rings is 2. The number of rotatable bonds is 4. The lowest BCUT2D eigenvalue weighted by Crippen LogP contribution is -2.33. The normalized spacial score (nSPS) is 13.8. The summed E-state index contributed by atoms with van der Waals surface area (Å²) in [5.74, 6) is -0.132. The van der Waals surface area contributed by atoms with Gasteiger partial charge in [0, 0.05) is 41.5 Å². The summed E-state index contributed by atoms with van der Waals surface area (Å²) < 4.78 is 1.84. The van der Waals surface area contributed by atoms with E-state index in [0.717, 1.165) is 70.6 Å². The van der Waals surface area contributed by atoms with Gasteiger partial charge in [0.1, 0.15) is 0 Å². The Bertz CT molecular complexity index is 1570. The van der Waals surface area contributed by atoms with Gasteiger partial charge in [-0.05, 0) is 37.7 Å². The minimum atomic E-state index is -0.132. The minimum Gasteiger partial charge on any atom is -0.321 e. The molecule has 5 aromatic rings. The van der Waals surface area contributed by atoms with E-state index in [9.17, 15) is 4.79 Å². The van der Waals surface area contributed by atoms with Crippen LogP contribution in [0.15, 0.2) is 66.9 Å². The van der Waals surface area contributed by atoms with Crippen molar-refractivity contribution in [3.05, 3.63) is 89.4 Å². The van der Waals surface area contributed by atoms with E-state index in [-0.39, 0.29) is 5.91 Å². The van der Waals surface area contributed by atoms with Crippen molar-refractivity contribution in [2.45, 2.75) is 26.8 Å². The van der Waals surface area contributed by atoms with Gasteiger partial charge in [-0.25, -0.2) is 9.67 Å². The number of nitrogens with zero attached hydrogens (tertiary/aromatic N) is 5. The van der Waals surface area contributed by atoms with Gasteiger partial charge in [0.15, 0.2) is 5.65 Å². The molecule has 0 bridgehead atoms. The van der Waals surface area contributed by atoms with Gasteiger partial charge in [0.25, 0.3) is 5.91 Å². The zero-order valence-corrected chi connectivity index (χ0v) is 19.8. The van der Waals surface area contributed by atoms with E-state index < -0.39 is 0 Å². The number of carbonyl (C=O) groups excluding carboxylic acids is 1. The molecule has 7 nitrogen and oxygen atoms in total. The number of aryl methyl sites for hydroxylation is 1. The lowest BCUT2D eigenvalue weighted by molar-refractivity contribution is 0.102. The molecule has 1 aliphatic rings. The van der Waals surface area contributed by atoms with Gasteiger partial charge in [-0.1, -0.05) is 43.3 Å². The molecule has 0 unspecified atom stereocenters. The summed E-state index contributed by atoms with van der Waals surface area (Å²) in [6.45, 7) is 6.74. The molecule has 7 heteroatoms. The Morgan fingerprint density at radius 3 is 2.69 bits per heavy atom. The van der Waals surface area contributed by atoms with Gasteiger partial charge in [-0.2, -0.15) is 5.10 Å². The Balaban J connectivity index is 1.40. The summed E-state index contributed by atoms with van der Waals surface area (Å²) in [4.78, 5) is 25.6. The second-order valence-corrected chi connectivity index (χ2v) is 8.93. The molecule has 2 aromatic carbocycles. The second kappa shape index (κ2) is 8.60. The topological polar surface area (TPSA) is 75.9 Å². The first-order valence-electron chi connectivity index (χ1n) is 12.0. The number of hydrogen-bond acceptors (Lipinski definition) is 5. The first kappa shape index (κ1) is 21.4. The van der Waals surface area contributed by atoms with E-state index in [1.807, 2.05) is 72.3 Å². The van der Waals surface area contributed by atoms with E-state index >= 15 is 0 Å². The van der Waals surface area contributed by atoms with E-state index in [1.165, 1.54) is 0 Å². The van der Waals surface area contributed by atoms with Crippen LogP contribution < -0.4 is 5.32 Å². The van der Waals surface area contributed by atoms with Crippen LogP contribution >= 0.6 is 0 Å². The Labute approximate surface area is 203 Å². The second-order valence-electron chi connectivity index (χ2n) is 8.93. The van der Waals surface area contributed by atoms with E-state index in [4.69, 9.17) is 4.98 Å². The zero-order chi connectivity index (χ0) is 23.9. The van der Waals surface area contributed by atoms with E-state index in [2.05, 4.69) is 27.2 Å². The van der Waals surface area contributed by atoms with Crippen LogP contribution in [-0.2, 0) is 13.0 Å². The number of anilines is 1. The van der Waals surface area contributed by atoms with Gasteiger partial charge in [0.2, 0.25) is 0 Å². The molecular formula is C28H26N6O. The largest absolute Gasteiger partial charge is 0.321 e. The minimum absolute atomic E-state index is 0.132. The summed E-state index contributed by atoms with van der Waals surface area (Å²) in [5.41, 5.74) is 6.83. The van der Waals surface area contributed by atoms with Crippen molar-refractivity contribution >= 4 is 33.5 Å². The smallest absolute Gasteiger partial charge is 0.256 e. The summed E-state index contributed by atoms with van der Waals surface area (Å²) in [7, 11) is 0. The molecule has 6 rings (SSSR count). The summed E-state index contributed by atoms with van der Waals surface area (Å²) in [6.07, 6.45) is 2.55. The lowest BCUT2D eigenvalue weighted by atomic mass is 9.95. The van der Waals surface area contributed by atoms with Crippen molar-refractivity contribution in [1.29, 1.82) is 0 Å². The van der Waals surface area contributed by atoms with Gasteiger partial charge >= 0.3 is 0 Å². The van der Waals surface area contributed by atoms with Crippen molar-refractivity contribution < 1.29 is 4.79 Å². The first-order chi connectivity index (χ1) is 17.1. The molecule has 1 N–H and O–H groups in total. The van der Waals surface area contributed by atoms with Crippen LogP contribution in [-0.4, -0.2) is 43.6 Å². The molecule has 174 valence electrons. The van der Waals surface area contributed by atoms with Crippen LogP contribution in [0.25, 0.3) is 27.6 Å². The van der Waals surface area contributed by atoms with Crippen molar-refractivity contribution in [3.63, 3.8) is 0 Å². The molecule has 3 aromatic heterocycles. The maximum atomic E-state index is 13.7. The Kier molecular flexibility index (Phi) is 5.26. The maximum Gasteiger partial charge on any atom is 0.256 e. The van der Waals surface area contributed by atoms with E-state index in [0.29, 0.717) is 11.3 Å². The number of aromatic nitrogens is 4. The highest BCUT2D eigenvalue weighted by Crippen LogP contribution is 2.29. The number of carbonyl (C=O) groups is 1. The average Bonchev–Trinajstić information content (AvgIpc) is 3.23. The predicted molar refractivity (Wildman–Crippen MR) is 138 cm³/mol. The average molecular weight is 463 g/mol. The molecule has 1 aliphatic heterocycles. The lowest BCUT2D eigenvalue weighted by Gasteiger charge is -2.29. The molecule has 0 aliphatic carbocycles. The number of nitrogens with one attached hydrogen (secondary N) is 1. The number of amides is 1. The quantitative estimate of drug-likeness (QED) is 0.411. The molecule has 4 heterocycles. The third kappa shape index (κ3) is 3.74. The fourth-order valence-electron chi connectivity index (χ4n) is 4.93. The molecule has 0 saturated heterocycles. The van der Waals surface area contributed by atoms with Crippen LogP contribution in [0, 0.1) is 6.92 Å². The SMILES string of the molecule is CCN1CCc2nc3ccccc3c(C(=O)Nc3cnc4c(c3)c(C)nn4-c3ccccc3)c2C1. The number of likely N-dealkylation sites (N-methyl/N-ethyl adjacent to an activating group) is 1. The predicted octanol–water partition coefficient (Wildman–Crippen LogP) is 4.91. The first-order valence-corrected chi connectivity index (χ1v) is 12.0. The summed E-state index contributed by atoms with van der Waals surface area (Å²) in [6, 6.07) is 19.8. The Morgan fingerprint density at radius 1 is 1.06 bits per heavy atom. The molecule has 1 amide bonds. The van der Waals surface area contributed by atoms with Crippen LogP contribution in [0.5, 0.6) is 0 Å². The van der Waals surface area contributed by atoms with E-state index in [1.54, 1.807) is 6.20 Å². The summed E-state index contributed by atoms with van der Waals surface area (Å²) >= 11 is 0. The van der Waals surface area contributed by atoms with Gasteiger partial charge < -0.3 is 5.32 Å². The fourth-order valence-corrected chi connectivity index (χ4v) is 4.93. The number of pyridine rings is 2. The number of fused-ring (bicyclic) bond motifs is 3. The van der Waals surface area contributed by atoms with Crippen molar-refractivity contribution in [2.24, 2.45) is 0 Å². The third-order valence-electron chi connectivity index (χ3n) is 6.77. The van der Waals surface area contributed by atoms with Crippen LogP contribution in [0.2, 0.25) is 0 Å². The molecule has 0 spiro atoms.